The molecular weight excluding hydrogens is 550 g/mol. The maximum Gasteiger partial charge on any atom is 0.223 e. The monoisotopic (exact) mass is 597 g/mol. The van der Waals surface area contributed by atoms with Gasteiger partial charge in [0.15, 0.2) is 0 Å². The quantitative estimate of drug-likeness (QED) is 0.125. The zero-order valence-electron chi connectivity index (χ0n) is 26.7. The molecule has 7 heteroatoms. The lowest BCUT2D eigenvalue weighted by atomic mass is 10.1. The second kappa shape index (κ2) is 16.6. The fourth-order valence-corrected chi connectivity index (χ4v) is 5.69. The van der Waals surface area contributed by atoms with E-state index in [1.54, 1.807) is 21.1 Å². The van der Waals surface area contributed by atoms with Crippen molar-refractivity contribution in [1.82, 2.24) is 9.88 Å². The minimum atomic E-state index is 0.00472. The van der Waals surface area contributed by atoms with Crippen LogP contribution in [0.5, 0.6) is 11.5 Å². The first-order valence-electron chi connectivity index (χ1n) is 15.9. The maximum absolute atomic E-state index is 13.4. The molecule has 2 amide bonds. The number of anilines is 1. The Hall–Kier alpha value is -4.26. The van der Waals surface area contributed by atoms with Crippen LogP contribution in [0.4, 0.5) is 5.69 Å². The van der Waals surface area contributed by atoms with E-state index in [9.17, 15) is 9.59 Å². The molecular formula is C37H47N3O4. The Balaban J connectivity index is 1.62. The van der Waals surface area contributed by atoms with Gasteiger partial charge < -0.3 is 24.3 Å². The summed E-state index contributed by atoms with van der Waals surface area (Å²) in [4.78, 5) is 27.3. The summed E-state index contributed by atoms with van der Waals surface area (Å²) in [6, 6.07) is 24.6. The molecule has 0 spiro atoms. The number of methoxy groups -OCH3 is 2. The van der Waals surface area contributed by atoms with E-state index in [0.29, 0.717) is 19.5 Å². The first kappa shape index (κ1) is 32.6. The van der Waals surface area contributed by atoms with Gasteiger partial charge in [-0.05, 0) is 67.3 Å². The summed E-state index contributed by atoms with van der Waals surface area (Å²) in [7, 11) is 3.34. The summed E-state index contributed by atoms with van der Waals surface area (Å²) in [6.45, 7) is 5.80. The van der Waals surface area contributed by atoms with Crippen molar-refractivity contribution in [2.24, 2.45) is 0 Å². The van der Waals surface area contributed by atoms with Gasteiger partial charge in [0.1, 0.15) is 11.5 Å². The van der Waals surface area contributed by atoms with Crippen LogP contribution in [0.15, 0.2) is 72.8 Å². The van der Waals surface area contributed by atoms with Gasteiger partial charge >= 0.3 is 0 Å². The van der Waals surface area contributed by atoms with Crippen LogP contribution in [0.2, 0.25) is 0 Å². The number of nitrogens with one attached hydrogen (secondary N) is 1. The summed E-state index contributed by atoms with van der Waals surface area (Å²) in [5, 5.41) is 3.98. The zero-order chi connectivity index (χ0) is 31.3. The Labute approximate surface area is 262 Å². The molecule has 3 aromatic carbocycles. The molecule has 1 heterocycles. The van der Waals surface area contributed by atoms with Crippen LogP contribution in [0, 0.1) is 0 Å². The summed E-state index contributed by atoms with van der Waals surface area (Å²) in [5.74, 6) is 1.68. The number of rotatable bonds is 17. The van der Waals surface area contributed by atoms with Crippen LogP contribution in [0.25, 0.3) is 22.2 Å². The van der Waals surface area contributed by atoms with E-state index in [4.69, 9.17) is 9.47 Å². The van der Waals surface area contributed by atoms with Gasteiger partial charge in [-0.1, -0.05) is 62.9 Å². The van der Waals surface area contributed by atoms with Crippen LogP contribution >= 0.6 is 0 Å². The van der Waals surface area contributed by atoms with Gasteiger partial charge in [0.05, 0.1) is 31.1 Å². The van der Waals surface area contributed by atoms with Gasteiger partial charge in [0.25, 0.3) is 0 Å². The van der Waals surface area contributed by atoms with Crippen molar-refractivity contribution >= 4 is 28.4 Å². The number of unbranched alkanes of at least 4 members (excludes halogenated alkanes) is 5. The molecule has 0 atom stereocenters. The molecule has 0 bridgehead atoms. The molecule has 0 unspecified atom stereocenters. The van der Waals surface area contributed by atoms with Crippen molar-refractivity contribution in [1.29, 1.82) is 0 Å². The van der Waals surface area contributed by atoms with Crippen molar-refractivity contribution in [2.75, 3.05) is 32.2 Å². The van der Waals surface area contributed by atoms with E-state index in [1.807, 2.05) is 35.2 Å². The van der Waals surface area contributed by atoms with Crippen molar-refractivity contribution in [3.8, 4) is 22.8 Å². The van der Waals surface area contributed by atoms with Gasteiger partial charge in [0, 0.05) is 43.9 Å². The summed E-state index contributed by atoms with van der Waals surface area (Å²) >= 11 is 0. The molecule has 0 fully saturated rings. The lowest BCUT2D eigenvalue weighted by Gasteiger charge is -2.24. The fourth-order valence-electron chi connectivity index (χ4n) is 5.69. The molecule has 0 aliphatic heterocycles. The third-order valence-electron chi connectivity index (χ3n) is 8.08. The van der Waals surface area contributed by atoms with Crippen LogP contribution in [-0.2, 0) is 16.1 Å². The van der Waals surface area contributed by atoms with E-state index in [-0.39, 0.29) is 11.8 Å². The number of aromatic nitrogens is 1. The van der Waals surface area contributed by atoms with Gasteiger partial charge in [-0.25, -0.2) is 0 Å². The van der Waals surface area contributed by atoms with Crippen LogP contribution < -0.4 is 19.7 Å². The molecule has 0 aliphatic carbocycles. The number of hydrogen-bond acceptors (Lipinski definition) is 4. The highest BCUT2D eigenvalue weighted by Crippen LogP contribution is 2.43. The molecule has 1 aromatic heterocycles. The number of fused-ring (bicyclic) bond motifs is 1. The molecule has 0 saturated heterocycles. The molecule has 4 aromatic rings. The topological polar surface area (TPSA) is 72.8 Å². The molecule has 234 valence electrons. The maximum atomic E-state index is 13.4. The first-order chi connectivity index (χ1) is 21.5. The van der Waals surface area contributed by atoms with Crippen LogP contribution in [0.3, 0.4) is 0 Å². The van der Waals surface area contributed by atoms with Gasteiger partial charge in [-0.2, -0.15) is 0 Å². The minimum absolute atomic E-state index is 0.00472. The third kappa shape index (κ3) is 8.43. The fraction of sp³-hybridized carbons (Fsp3) is 0.405. The second-order valence-electron chi connectivity index (χ2n) is 11.3. The first-order valence-corrected chi connectivity index (χ1v) is 15.9. The van der Waals surface area contributed by atoms with Crippen LogP contribution in [0.1, 0.15) is 70.8 Å². The standard InChI is InChI=1S/C37H47N3O4/c1-5-6-24-38-35(42)17-13-8-7-9-14-25-39(28(2)41)37-33-26-32(44-4)22-23-34(33)40(27-29-15-11-10-12-16-29)36(37)30-18-20-31(43-3)21-19-30/h10-12,15-16,18-23,26H,5-9,13-14,17,24-25,27H2,1-4H3,(H,38,42). The van der Waals surface area contributed by atoms with E-state index in [1.165, 1.54) is 5.56 Å². The van der Waals surface area contributed by atoms with E-state index in [2.05, 4.69) is 59.3 Å². The summed E-state index contributed by atoms with van der Waals surface area (Å²) in [5.41, 5.74) is 5.12. The number of ether oxygens (including phenoxy) is 2. The number of hydrogen-bond donors (Lipinski definition) is 1. The third-order valence-corrected chi connectivity index (χ3v) is 8.08. The minimum Gasteiger partial charge on any atom is -0.497 e. The Kier molecular flexibility index (Phi) is 12.3. The van der Waals surface area contributed by atoms with E-state index < -0.39 is 0 Å². The Morgan fingerprint density at radius 1 is 0.818 bits per heavy atom. The highest BCUT2D eigenvalue weighted by Gasteiger charge is 2.26. The largest absolute Gasteiger partial charge is 0.497 e. The van der Waals surface area contributed by atoms with Crippen molar-refractivity contribution < 1.29 is 19.1 Å². The molecule has 0 radical (unpaired) electrons. The molecule has 1 N–H and O–H groups in total. The van der Waals surface area contributed by atoms with Crippen molar-refractivity contribution in [3.63, 3.8) is 0 Å². The predicted molar refractivity (Wildman–Crippen MR) is 180 cm³/mol. The Morgan fingerprint density at radius 2 is 1.50 bits per heavy atom. The Bertz CT molecular complexity index is 1490. The number of carbonyl (C=O) groups is 2. The molecule has 44 heavy (non-hydrogen) atoms. The van der Waals surface area contributed by atoms with Crippen molar-refractivity contribution in [3.05, 3.63) is 78.4 Å². The molecule has 0 aliphatic rings. The molecule has 0 saturated carbocycles. The molecule has 7 nitrogen and oxygen atoms in total. The normalized spacial score (nSPS) is 11.0. The number of carbonyl (C=O) groups excluding carboxylic acids is 2. The van der Waals surface area contributed by atoms with Gasteiger partial charge in [-0.15, -0.1) is 0 Å². The van der Waals surface area contributed by atoms with Gasteiger partial charge in [-0.3, -0.25) is 9.59 Å². The summed E-state index contributed by atoms with van der Waals surface area (Å²) < 4.78 is 13.4. The average Bonchev–Trinajstić information content (AvgIpc) is 3.35. The highest BCUT2D eigenvalue weighted by molar-refractivity contribution is 6.09. The second-order valence-corrected chi connectivity index (χ2v) is 11.3. The summed E-state index contributed by atoms with van der Waals surface area (Å²) in [6.07, 6.45) is 7.48. The van der Waals surface area contributed by atoms with Gasteiger partial charge in [0.2, 0.25) is 11.8 Å². The lowest BCUT2D eigenvalue weighted by Crippen LogP contribution is -2.30. The Morgan fingerprint density at radius 3 is 2.18 bits per heavy atom. The molecule has 4 rings (SSSR count). The number of amides is 2. The average molecular weight is 598 g/mol. The highest BCUT2D eigenvalue weighted by atomic mass is 16.5. The number of nitrogens with zero attached hydrogens (tertiary/aromatic N) is 2. The lowest BCUT2D eigenvalue weighted by molar-refractivity contribution is -0.121. The predicted octanol–water partition coefficient (Wildman–Crippen LogP) is 7.98. The van der Waals surface area contributed by atoms with E-state index >= 15 is 0 Å². The van der Waals surface area contributed by atoms with E-state index in [0.717, 1.165) is 90.8 Å². The van der Waals surface area contributed by atoms with Crippen molar-refractivity contribution in [2.45, 2.75) is 71.8 Å². The number of benzene rings is 3. The zero-order valence-corrected chi connectivity index (χ0v) is 26.7. The van der Waals surface area contributed by atoms with Crippen LogP contribution in [-0.4, -0.2) is 43.7 Å². The smallest absolute Gasteiger partial charge is 0.223 e. The SMILES string of the molecule is CCCCNC(=O)CCCCCCCN(C(C)=O)c1c(-c2ccc(OC)cc2)n(Cc2ccccc2)c2ccc(OC)cc12.